The van der Waals surface area contributed by atoms with Crippen molar-refractivity contribution in [2.75, 3.05) is 5.32 Å². The van der Waals surface area contributed by atoms with Crippen LogP contribution in [0, 0.1) is 0 Å². The average molecular weight is 450 g/mol. The van der Waals surface area contributed by atoms with E-state index in [4.69, 9.17) is 9.97 Å². The molecule has 2 aromatic carbocycles. The molecule has 0 bridgehead atoms. The first kappa shape index (κ1) is 20.2. The first-order valence-corrected chi connectivity index (χ1v) is 11.3. The zero-order chi connectivity index (χ0) is 23.1. The Morgan fingerprint density at radius 1 is 0.853 bits per heavy atom. The van der Waals surface area contributed by atoms with Gasteiger partial charge in [0, 0.05) is 29.8 Å². The molecule has 0 radical (unpaired) electrons. The van der Waals surface area contributed by atoms with E-state index >= 15 is 0 Å². The molecule has 5 aromatic rings. The molecule has 1 saturated carbocycles. The summed E-state index contributed by atoms with van der Waals surface area (Å²) in [7, 11) is 0. The number of anilines is 1. The lowest BCUT2D eigenvalue weighted by molar-refractivity contribution is 0.377. The van der Waals surface area contributed by atoms with Crippen molar-refractivity contribution in [1.29, 1.82) is 0 Å². The Kier molecular flexibility index (Phi) is 4.87. The zero-order valence-corrected chi connectivity index (χ0v) is 18.4. The van der Waals surface area contributed by atoms with Crippen molar-refractivity contribution < 1.29 is 10.2 Å². The third-order valence-corrected chi connectivity index (χ3v) is 6.04. The van der Waals surface area contributed by atoms with Gasteiger partial charge < -0.3 is 15.5 Å². The monoisotopic (exact) mass is 449 g/mol. The molecule has 3 aromatic heterocycles. The number of nitrogens with one attached hydrogen (secondary N) is 1. The molecule has 34 heavy (non-hydrogen) atoms. The third kappa shape index (κ3) is 3.92. The second-order valence-corrected chi connectivity index (χ2v) is 8.60. The summed E-state index contributed by atoms with van der Waals surface area (Å²) in [5.41, 5.74) is 4.66. The maximum Gasteiger partial charge on any atom is 0.194 e. The standard InChI is InChI=1S/C27H23N5O2/c33-24-11-12-25(34)32(24)16-17-4-3-5-18(14-17)19-7-10-22-21(15-19)26(29-20-8-9-20)31-27(30-22)23-6-1-2-13-28-23/h1-7,10-15,20,33-34H,8-9,16H2,(H,29,30,31). The highest BCUT2D eigenvalue weighted by atomic mass is 16.3. The van der Waals surface area contributed by atoms with Crippen LogP contribution in [0.3, 0.4) is 0 Å². The second-order valence-electron chi connectivity index (χ2n) is 8.60. The van der Waals surface area contributed by atoms with Gasteiger partial charge in [0.05, 0.1) is 12.1 Å². The highest BCUT2D eigenvalue weighted by Crippen LogP contribution is 2.33. The van der Waals surface area contributed by atoms with Crippen LogP contribution < -0.4 is 5.32 Å². The predicted octanol–water partition coefficient (Wildman–Crippen LogP) is 5.19. The summed E-state index contributed by atoms with van der Waals surface area (Å²) in [6.45, 7) is 0.372. The summed E-state index contributed by atoms with van der Waals surface area (Å²) in [5.74, 6) is 1.50. The minimum Gasteiger partial charge on any atom is -0.494 e. The SMILES string of the molecule is Oc1ccc(O)n1Cc1cccc(-c2ccc3nc(-c4ccccn4)nc(NC4CC4)c3c2)c1. The van der Waals surface area contributed by atoms with Crippen LogP contribution in [0.15, 0.2) is 79.0 Å². The van der Waals surface area contributed by atoms with E-state index in [9.17, 15) is 10.2 Å². The molecule has 0 unspecified atom stereocenters. The van der Waals surface area contributed by atoms with Crippen LogP contribution in [0.1, 0.15) is 18.4 Å². The average Bonchev–Trinajstić information content (AvgIpc) is 3.64. The van der Waals surface area contributed by atoms with E-state index in [0.717, 1.165) is 51.9 Å². The Morgan fingerprint density at radius 2 is 1.68 bits per heavy atom. The number of nitrogens with zero attached hydrogens (tertiary/aromatic N) is 4. The number of pyridine rings is 1. The number of benzene rings is 2. The van der Waals surface area contributed by atoms with Crippen molar-refractivity contribution in [3.63, 3.8) is 0 Å². The summed E-state index contributed by atoms with van der Waals surface area (Å²) in [4.78, 5) is 14.0. The number of aromatic hydroxyl groups is 2. The number of rotatable bonds is 6. The molecule has 0 saturated heterocycles. The molecule has 0 aliphatic heterocycles. The van der Waals surface area contributed by atoms with Gasteiger partial charge in [0.2, 0.25) is 0 Å². The Balaban J connectivity index is 1.40. The number of hydrogen-bond acceptors (Lipinski definition) is 6. The molecule has 3 heterocycles. The first-order valence-electron chi connectivity index (χ1n) is 11.3. The molecule has 6 rings (SSSR count). The third-order valence-electron chi connectivity index (χ3n) is 6.04. The van der Waals surface area contributed by atoms with E-state index in [0.29, 0.717) is 18.4 Å². The van der Waals surface area contributed by atoms with Gasteiger partial charge in [-0.3, -0.25) is 9.55 Å². The van der Waals surface area contributed by atoms with E-state index in [2.05, 4.69) is 34.6 Å². The molecule has 1 fully saturated rings. The summed E-state index contributed by atoms with van der Waals surface area (Å²) >= 11 is 0. The summed E-state index contributed by atoms with van der Waals surface area (Å²) in [5, 5.41) is 24.5. The smallest absolute Gasteiger partial charge is 0.194 e. The Bertz CT molecular complexity index is 1470. The fourth-order valence-electron chi connectivity index (χ4n) is 4.09. The Labute approximate surface area is 196 Å². The van der Waals surface area contributed by atoms with Gasteiger partial charge in [0.1, 0.15) is 11.5 Å². The van der Waals surface area contributed by atoms with E-state index in [1.807, 2.05) is 36.4 Å². The Morgan fingerprint density at radius 3 is 2.44 bits per heavy atom. The van der Waals surface area contributed by atoms with E-state index in [-0.39, 0.29) is 11.8 Å². The van der Waals surface area contributed by atoms with Crippen molar-refractivity contribution >= 4 is 16.7 Å². The van der Waals surface area contributed by atoms with E-state index in [1.165, 1.54) is 16.7 Å². The predicted molar refractivity (Wildman–Crippen MR) is 132 cm³/mol. The van der Waals surface area contributed by atoms with Crippen LogP contribution in [-0.4, -0.2) is 35.8 Å². The summed E-state index contributed by atoms with van der Waals surface area (Å²) in [6, 6.07) is 23.4. The molecule has 3 N–H and O–H groups in total. The van der Waals surface area contributed by atoms with E-state index in [1.54, 1.807) is 6.20 Å². The maximum atomic E-state index is 9.99. The van der Waals surface area contributed by atoms with Gasteiger partial charge in [-0.1, -0.05) is 30.3 Å². The maximum absolute atomic E-state index is 9.99. The normalized spacial score (nSPS) is 13.3. The second kappa shape index (κ2) is 8.19. The van der Waals surface area contributed by atoms with Crippen molar-refractivity contribution in [3.8, 4) is 34.4 Å². The molecule has 0 amide bonds. The van der Waals surface area contributed by atoms with Gasteiger partial charge in [-0.15, -0.1) is 0 Å². The molecular formula is C27H23N5O2. The van der Waals surface area contributed by atoms with Gasteiger partial charge in [-0.25, -0.2) is 9.97 Å². The quantitative estimate of drug-likeness (QED) is 0.330. The van der Waals surface area contributed by atoms with Crippen molar-refractivity contribution in [2.24, 2.45) is 0 Å². The lowest BCUT2D eigenvalue weighted by Crippen LogP contribution is -2.06. The van der Waals surface area contributed by atoms with Crippen molar-refractivity contribution in [2.45, 2.75) is 25.4 Å². The lowest BCUT2D eigenvalue weighted by atomic mass is 10.0. The van der Waals surface area contributed by atoms with Gasteiger partial charge in [0.25, 0.3) is 0 Å². The van der Waals surface area contributed by atoms with Crippen LogP contribution in [-0.2, 0) is 6.54 Å². The van der Waals surface area contributed by atoms with Gasteiger partial charge in [-0.05, 0) is 59.9 Å². The van der Waals surface area contributed by atoms with Crippen LogP contribution >= 0.6 is 0 Å². The van der Waals surface area contributed by atoms with Gasteiger partial charge in [-0.2, -0.15) is 0 Å². The fourth-order valence-corrected chi connectivity index (χ4v) is 4.09. The van der Waals surface area contributed by atoms with Crippen LogP contribution in [0.5, 0.6) is 11.8 Å². The topological polar surface area (TPSA) is 96.1 Å². The molecule has 7 nitrogen and oxygen atoms in total. The van der Waals surface area contributed by atoms with E-state index < -0.39 is 0 Å². The molecule has 0 spiro atoms. The highest BCUT2D eigenvalue weighted by molar-refractivity contribution is 5.94. The molecule has 1 aliphatic rings. The van der Waals surface area contributed by atoms with Gasteiger partial charge >= 0.3 is 0 Å². The lowest BCUT2D eigenvalue weighted by Gasteiger charge is -2.12. The van der Waals surface area contributed by atoms with Gasteiger partial charge in [0.15, 0.2) is 17.6 Å². The van der Waals surface area contributed by atoms with Crippen LogP contribution in [0.4, 0.5) is 5.82 Å². The minimum atomic E-state index is 0.0326. The fraction of sp³-hybridized carbons (Fsp3) is 0.148. The number of fused-ring (bicyclic) bond motifs is 1. The minimum absolute atomic E-state index is 0.0326. The Hall–Kier alpha value is -4.39. The van der Waals surface area contributed by atoms with Crippen LogP contribution in [0.2, 0.25) is 0 Å². The van der Waals surface area contributed by atoms with Crippen molar-refractivity contribution in [3.05, 3.63) is 84.6 Å². The number of hydrogen-bond donors (Lipinski definition) is 3. The number of aromatic nitrogens is 4. The van der Waals surface area contributed by atoms with Crippen LogP contribution in [0.25, 0.3) is 33.5 Å². The summed E-state index contributed by atoms with van der Waals surface area (Å²) < 4.78 is 1.46. The zero-order valence-electron chi connectivity index (χ0n) is 18.4. The molecule has 7 heteroatoms. The molecular weight excluding hydrogens is 426 g/mol. The molecule has 1 aliphatic carbocycles. The largest absolute Gasteiger partial charge is 0.494 e. The first-order chi connectivity index (χ1) is 16.6. The molecule has 0 atom stereocenters. The highest BCUT2D eigenvalue weighted by Gasteiger charge is 2.23. The van der Waals surface area contributed by atoms with Crippen molar-refractivity contribution in [1.82, 2.24) is 19.5 Å². The summed E-state index contributed by atoms with van der Waals surface area (Å²) in [6.07, 6.45) is 4.04. The molecule has 168 valence electrons.